The first-order chi connectivity index (χ1) is 11.6. The number of benzene rings is 1. The Morgan fingerprint density at radius 2 is 1.79 bits per heavy atom. The van der Waals surface area contributed by atoms with Gasteiger partial charge in [0.2, 0.25) is 0 Å². The highest BCUT2D eigenvalue weighted by Gasteiger charge is 2.17. The molecule has 0 aliphatic rings. The Balaban J connectivity index is 1.92. The summed E-state index contributed by atoms with van der Waals surface area (Å²) in [5.74, 6) is 0.775. The Bertz CT molecular complexity index is 836. The average molecular weight is 360 g/mol. The molecule has 2 aromatic heterocycles. The third-order valence-electron chi connectivity index (χ3n) is 3.59. The van der Waals surface area contributed by atoms with Crippen LogP contribution < -0.4 is 10.5 Å². The van der Waals surface area contributed by atoms with Crippen molar-refractivity contribution >= 4 is 29.0 Å². The molecular formula is C18H15Cl2N3O. The molecule has 2 heterocycles. The maximum Gasteiger partial charge on any atom is 0.166 e. The minimum atomic E-state index is -0.376. The summed E-state index contributed by atoms with van der Waals surface area (Å²) in [6.07, 6.45) is 4.78. The number of pyridine rings is 2. The Kier molecular flexibility index (Phi) is 4.88. The molecule has 2 N–H and O–H groups in total. The van der Waals surface area contributed by atoms with Crippen LogP contribution in [0.2, 0.25) is 10.0 Å². The minimum Gasteiger partial charge on any atom is -0.482 e. The molecule has 0 bridgehead atoms. The highest BCUT2D eigenvalue weighted by molar-refractivity contribution is 6.36. The summed E-state index contributed by atoms with van der Waals surface area (Å²) in [7, 11) is 0. The van der Waals surface area contributed by atoms with Crippen molar-refractivity contribution in [1.82, 2.24) is 9.97 Å². The number of rotatable bonds is 4. The molecule has 1 aromatic carbocycles. The summed E-state index contributed by atoms with van der Waals surface area (Å²) in [5, 5.41) is 1.09. The average Bonchev–Trinajstić information content (AvgIpc) is 2.57. The fourth-order valence-corrected chi connectivity index (χ4v) is 3.09. The summed E-state index contributed by atoms with van der Waals surface area (Å²) in [4.78, 5) is 8.32. The van der Waals surface area contributed by atoms with E-state index in [-0.39, 0.29) is 6.10 Å². The quantitative estimate of drug-likeness (QED) is 0.697. The molecule has 122 valence electrons. The highest BCUT2D eigenvalue weighted by Crippen LogP contribution is 2.35. The molecule has 0 aliphatic carbocycles. The van der Waals surface area contributed by atoms with Gasteiger partial charge in [0.25, 0.3) is 0 Å². The molecule has 0 unspecified atom stereocenters. The van der Waals surface area contributed by atoms with Crippen molar-refractivity contribution in [1.29, 1.82) is 0 Å². The lowest BCUT2D eigenvalue weighted by molar-refractivity contribution is 0.228. The number of nitrogen functional groups attached to an aromatic ring is 1. The number of nitrogens with two attached hydrogens (primary N) is 1. The fourth-order valence-electron chi connectivity index (χ4n) is 2.39. The van der Waals surface area contributed by atoms with Gasteiger partial charge in [0.1, 0.15) is 6.10 Å². The van der Waals surface area contributed by atoms with E-state index in [4.69, 9.17) is 33.7 Å². The van der Waals surface area contributed by atoms with Crippen LogP contribution in [0.4, 0.5) is 5.82 Å². The van der Waals surface area contributed by atoms with E-state index >= 15 is 0 Å². The van der Waals surface area contributed by atoms with E-state index in [1.54, 1.807) is 36.8 Å². The zero-order chi connectivity index (χ0) is 17.1. The van der Waals surface area contributed by atoms with Crippen LogP contribution in [-0.4, -0.2) is 9.97 Å². The Hall–Kier alpha value is -2.30. The maximum absolute atomic E-state index is 6.24. The summed E-state index contributed by atoms with van der Waals surface area (Å²) in [5.41, 5.74) is 8.46. The zero-order valence-corrected chi connectivity index (χ0v) is 14.4. The topological polar surface area (TPSA) is 61.0 Å². The van der Waals surface area contributed by atoms with Crippen LogP contribution in [0.15, 0.2) is 55.0 Å². The number of anilines is 1. The third kappa shape index (κ3) is 3.45. The van der Waals surface area contributed by atoms with Gasteiger partial charge in [-0.05, 0) is 31.2 Å². The predicted octanol–water partition coefficient (Wildman–Crippen LogP) is 5.17. The van der Waals surface area contributed by atoms with E-state index in [9.17, 15) is 0 Å². The van der Waals surface area contributed by atoms with Crippen molar-refractivity contribution in [2.24, 2.45) is 0 Å². The molecule has 1 atom stereocenters. The fraction of sp³-hybridized carbons (Fsp3) is 0.111. The van der Waals surface area contributed by atoms with Crippen molar-refractivity contribution in [2.75, 3.05) is 5.73 Å². The molecule has 0 aliphatic heterocycles. The van der Waals surface area contributed by atoms with E-state index < -0.39 is 0 Å². The lowest BCUT2D eigenvalue weighted by Gasteiger charge is -2.19. The second kappa shape index (κ2) is 7.07. The lowest BCUT2D eigenvalue weighted by Crippen LogP contribution is -2.07. The van der Waals surface area contributed by atoms with Gasteiger partial charge in [-0.25, -0.2) is 4.98 Å². The van der Waals surface area contributed by atoms with Gasteiger partial charge in [0.05, 0.1) is 0 Å². The molecule has 0 radical (unpaired) electrons. The summed E-state index contributed by atoms with van der Waals surface area (Å²) in [6, 6.07) is 11.0. The summed E-state index contributed by atoms with van der Waals surface area (Å²) in [6.45, 7) is 1.86. The first kappa shape index (κ1) is 16.6. The van der Waals surface area contributed by atoms with Gasteiger partial charge < -0.3 is 10.5 Å². The summed E-state index contributed by atoms with van der Waals surface area (Å²) >= 11 is 12.5. The van der Waals surface area contributed by atoms with Crippen molar-refractivity contribution in [3.8, 4) is 16.9 Å². The minimum absolute atomic E-state index is 0.303. The van der Waals surface area contributed by atoms with Gasteiger partial charge in [-0.1, -0.05) is 35.3 Å². The SMILES string of the molecule is C[C@@H](Oc1cc(-c2cccnc2)cnc1N)c1c(Cl)cccc1Cl. The van der Waals surface area contributed by atoms with Gasteiger partial charge >= 0.3 is 0 Å². The van der Waals surface area contributed by atoms with Gasteiger partial charge in [0.15, 0.2) is 11.6 Å². The second-order valence-electron chi connectivity index (χ2n) is 5.24. The Morgan fingerprint density at radius 3 is 2.46 bits per heavy atom. The monoisotopic (exact) mass is 359 g/mol. The molecule has 6 heteroatoms. The normalized spacial score (nSPS) is 12.0. The van der Waals surface area contributed by atoms with Crippen LogP contribution in [-0.2, 0) is 0 Å². The molecule has 3 rings (SSSR count). The predicted molar refractivity (Wildman–Crippen MR) is 97.4 cm³/mol. The number of ether oxygens (including phenoxy) is 1. The van der Waals surface area contributed by atoms with Gasteiger partial charge in [-0.15, -0.1) is 0 Å². The molecule has 4 nitrogen and oxygen atoms in total. The Morgan fingerprint density at radius 1 is 1.04 bits per heavy atom. The third-order valence-corrected chi connectivity index (χ3v) is 4.25. The van der Waals surface area contributed by atoms with Gasteiger partial charge in [0, 0.05) is 45.3 Å². The molecule has 0 amide bonds. The van der Waals surface area contributed by atoms with Crippen LogP contribution in [0.3, 0.4) is 0 Å². The number of hydrogen-bond acceptors (Lipinski definition) is 4. The summed E-state index contributed by atoms with van der Waals surface area (Å²) < 4.78 is 5.98. The highest BCUT2D eigenvalue weighted by atomic mass is 35.5. The van der Waals surface area contributed by atoms with E-state index in [2.05, 4.69) is 9.97 Å². The second-order valence-corrected chi connectivity index (χ2v) is 6.06. The van der Waals surface area contributed by atoms with Gasteiger partial charge in [-0.2, -0.15) is 0 Å². The number of hydrogen-bond donors (Lipinski definition) is 1. The standard InChI is InChI=1S/C18H15Cl2N3O/c1-11(17-14(19)5-2-6-15(17)20)24-16-8-13(10-23-18(16)21)12-4-3-7-22-9-12/h2-11H,1H3,(H2,21,23)/t11-/m1/s1. The van der Waals surface area contributed by atoms with Crippen molar-refractivity contribution in [2.45, 2.75) is 13.0 Å². The van der Waals surface area contributed by atoms with E-state index in [1.165, 1.54) is 0 Å². The van der Waals surface area contributed by atoms with Crippen LogP contribution in [0.5, 0.6) is 5.75 Å². The van der Waals surface area contributed by atoms with Crippen LogP contribution in [0.25, 0.3) is 11.1 Å². The largest absolute Gasteiger partial charge is 0.482 e. The van der Waals surface area contributed by atoms with Crippen molar-refractivity contribution < 1.29 is 4.74 Å². The molecule has 0 saturated heterocycles. The molecule has 0 fully saturated rings. The molecular weight excluding hydrogens is 345 g/mol. The first-order valence-electron chi connectivity index (χ1n) is 7.32. The van der Waals surface area contributed by atoms with E-state index in [1.807, 2.05) is 25.1 Å². The molecule has 3 aromatic rings. The number of aromatic nitrogens is 2. The van der Waals surface area contributed by atoms with Crippen LogP contribution in [0, 0.1) is 0 Å². The Labute approximate surface area is 150 Å². The molecule has 0 saturated carbocycles. The van der Waals surface area contributed by atoms with E-state index in [0.29, 0.717) is 27.2 Å². The van der Waals surface area contributed by atoms with Crippen molar-refractivity contribution in [3.05, 3.63) is 70.6 Å². The van der Waals surface area contributed by atoms with Crippen molar-refractivity contribution in [3.63, 3.8) is 0 Å². The van der Waals surface area contributed by atoms with Crippen LogP contribution >= 0.6 is 23.2 Å². The molecule has 0 spiro atoms. The molecule has 24 heavy (non-hydrogen) atoms. The smallest absolute Gasteiger partial charge is 0.166 e. The van der Waals surface area contributed by atoms with E-state index in [0.717, 1.165) is 11.1 Å². The lowest BCUT2D eigenvalue weighted by atomic mass is 10.1. The van der Waals surface area contributed by atoms with Gasteiger partial charge in [-0.3, -0.25) is 4.98 Å². The maximum atomic E-state index is 6.24. The first-order valence-corrected chi connectivity index (χ1v) is 8.08. The zero-order valence-electron chi connectivity index (χ0n) is 12.9. The van der Waals surface area contributed by atoms with Crippen LogP contribution in [0.1, 0.15) is 18.6 Å². The number of nitrogens with zero attached hydrogens (tertiary/aromatic N) is 2. The number of halogens is 2.